The van der Waals surface area contributed by atoms with Gasteiger partial charge < -0.3 is 10.5 Å². The predicted octanol–water partition coefficient (Wildman–Crippen LogP) is 1.98. The van der Waals surface area contributed by atoms with Crippen LogP contribution in [0.4, 0.5) is 5.69 Å². The van der Waals surface area contributed by atoms with E-state index in [1.165, 1.54) is 18.2 Å². The molecule has 82 valence electrons. The fourth-order valence-corrected chi connectivity index (χ4v) is 1.22. The van der Waals surface area contributed by atoms with Crippen LogP contribution in [0.15, 0.2) is 18.2 Å². The highest BCUT2D eigenvalue weighted by atomic mass is 35.5. The second-order valence-corrected chi connectivity index (χ2v) is 3.27. The maximum absolute atomic E-state index is 10.4. The summed E-state index contributed by atoms with van der Waals surface area (Å²) in [6.45, 7) is 0.985. The molecule has 0 radical (unpaired) electrons. The predicted molar refractivity (Wildman–Crippen MR) is 57.3 cm³/mol. The molecule has 0 heterocycles. The molecule has 0 aromatic heterocycles. The lowest BCUT2D eigenvalue weighted by Gasteiger charge is -2.06. The minimum absolute atomic E-state index is 0.0498. The third-order valence-electron chi connectivity index (χ3n) is 1.73. The van der Waals surface area contributed by atoms with Gasteiger partial charge in [-0.15, -0.1) is 0 Å². The second kappa shape index (κ2) is 5.53. The van der Waals surface area contributed by atoms with Crippen LogP contribution in [-0.4, -0.2) is 18.1 Å². The van der Waals surface area contributed by atoms with Gasteiger partial charge in [0.25, 0.3) is 5.69 Å². The Balaban J connectivity index is 2.70. The van der Waals surface area contributed by atoms with Gasteiger partial charge in [0.2, 0.25) is 0 Å². The van der Waals surface area contributed by atoms with Gasteiger partial charge >= 0.3 is 0 Å². The number of hydrogen-bond acceptors (Lipinski definition) is 4. The Hall–Kier alpha value is -1.33. The summed E-state index contributed by atoms with van der Waals surface area (Å²) < 4.78 is 5.28. The zero-order valence-corrected chi connectivity index (χ0v) is 8.74. The molecule has 0 unspecified atom stereocenters. The number of benzene rings is 1. The number of nitrogens with two attached hydrogens (primary N) is 1. The Bertz CT molecular complexity index is 357. The van der Waals surface area contributed by atoms with E-state index in [1.807, 2.05) is 0 Å². The number of hydrogen-bond donors (Lipinski definition) is 1. The van der Waals surface area contributed by atoms with Gasteiger partial charge in [0, 0.05) is 12.1 Å². The number of nitro groups is 1. The van der Waals surface area contributed by atoms with Crippen LogP contribution in [0.5, 0.6) is 5.75 Å². The standard InChI is InChI=1S/C9H11ClN2O3/c10-8-6-7(12(13)14)2-3-9(8)15-5-1-4-11/h2-3,6H,1,4-5,11H2. The van der Waals surface area contributed by atoms with Crippen LogP contribution < -0.4 is 10.5 Å². The Morgan fingerprint density at radius 3 is 2.80 bits per heavy atom. The van der Waals surface area contributed by atoms with Gasteiger partial charge in [0.1, 0.15) is 5.75 Å². The van der Waals surface area contributed by atoms with Crippen molar-refractivity contribution < 1.29 is 9.66 Å². The van der Waals surface area contributed by atoms with E-state index in [2.05, 4.69) is 0 Å². The maximum atomic E-state index is 10.4. The molecule has 0 saturated heterocycles. The van der Waals surface area contributed by atoms with E-state index >= 15 is 0 Å². The van der Waals surface area contributed by atoms with Crippen molar-refractivity contribution in [2.75, 3.05) is 13.2 Å². The number of non-ortho nitro benzene ring substituents is 1. The Kier molecular flexibility index (Phi) is 4.33. The zero-order chi connectivity index (χ0) is 11.3. The number of halogens is 1. The fraction of sp³-hybridized carbons (Fsp3) is 0.333. The molecule has 2 N–H and O–H groups in total. The summed E-state index contributed by atoms with van der Waals surface area (Å²) in [4.78, 5) is 9.91. The molecule has 0 fully saturated rings. The first-order valence-electron chi connectivity index (χ1n) is 4.42. The quantitative estimate of drug-likeness (QED) is 0.477. The van der Waals surface area contributed by atoms with Crippen molar-refractivity contribution in [2.45, 2.75) is 6.42 Å². The van der Waals surface area contributed by atoms with Crippen LogP contribution in [0, 0.1) is 10.1 Å². The summed E-state index contributed by atoms with van der Waals surface area (Å²) in [5, 5.41) is 10.7. The Morgan fingerprint density at radius 2 is 2.27 bits per heavy atom. The summed E-state index contributed by atoms with van der Waals surface area (Å²) in [5.41, 5.74) is 5.24. The smallest absolute Gasteiger partial charge is 0.271 e. The Labute approximate surface area is 91.9 Å². The molecule has 0 aliphatic carbocycles. The summed E-state index contributed by atoms with van der Waals surface area (Å²) in [6, 6.07) is 4.10. The maximum Gasteiger partial charge on any atom is 0.271 e. The molecule has 0 saturated carbocycles. The molecule has 1 aromatic carbocycles. The Morgan fingerprint density at radius 1 is 1.53 bits per heavy atom. The molecule has 0 aliphatic rings. The lowest BCUT2D eigenvalue weighted by atomic mass is 10.3. The lowest BCUT2D eigenvalue weighted by molar-refractivity contribution is -0.384. The van der Waals surface area contributed by atoms with Gasteiger partial charge in [-0.1, -0.05) is 11.6 Å². The van der Waals surface area contributed by atoms with Crippen molar-refractivity contribution in [3.8, 4) is 5.75 Å². The third kappa shape index (κ3) is 3.38. The normalized spacial score (nSPS) is 10.0. The van der Waals surface area contributed by atoms with Crippen LogP contribution in [0.1, 0.15) is 6.42 Å². The SMILES string of the molecule is NCCCOc1ccc([N+](=O)[O-])cc1Cl. The zero-order valence-electron chi connectivity index (χ0n) is 7.98. The lowest BCUT2D eigenvalue weighted by Crippen LogP contribution is -2.06. The van der Waals surface area contributed by atoms with Crippen LogP contribution in [-0.2, 0) is 0 Å². The number of nitrogens with zero attached hydrogens (tertiary/aromatic N) is 1. The van der Waals surface area contributed by atoms with Gasteiger partial charge in [-0.3, -0.25) is 10.1 Å². The van der Waals surface area contributed by atoms with Crippen molar-refractivity contribution in [1.29, 1.82) is 0 Å². The van der Waals surface area contributed by atoms with Crippen molar-refractivity contribution in [3.05, 3.63) is 33.3 Å². The molecule has 1 aromatic rings. The average molecular weight is 231 g/mol. The summed E-state index contributed by atoms with van der Waals surface area (Å²) in [5.74, 6) is 0.440. The van der Waals surface area contributed by atoms with Crippen molar-refractivity contribution in [2.24, 2.45) is 5.73 Å². The van der Waals surface area contributed by atoms with E-state index in [0.29, 0.717) is 25.3 Å². The minimum atomic E-state index is -0.504. The van der Waals surface area contributed by atoms with E-state index in [0.717, 1.165) is 0 Å². The highest BCUT2D eigenvalue weighted by Crippen LogP contribution is 2.28. The van der Waals surface area contributed by atoms with E-state index in [1.54, 1.807) is 0 Å². The van der Waals surface area contributed by atoms with Gasteiger partial charge in [0.05, 0.1) is 16.6 Å². The number of nitro benzene ring substituents is 1. The highest BCUT2D eigenvalue weighted by Gasteiger charge is 2.09. The van der Waals surface area contributed by atoms with Crippen LogP contribution in [0.25, 0.3) is 0 Å². The first kappa shape index (κ1) is 11.7. The second-order valence-electron chi connectivity index (χ2n) is 2.86. The number of rotatable bonds is 5. The number of ether oxygens (including phenoxy) is 1. The third-order valence-corrected chi connectivity index (χ3v) is 2.03. The van der Waals surface area contributed by atoms with Crippen LogP contribution in [0.3, 0.4) is 0 Å². The molecule has 0 atom stereocenters. The van der Waals surface area contributed by atoms with E-state index in [4.69, 9.17) is 22.1 Å². The molecule has 0 aliphatic heterocycles. The van der Waals surface area contributed by atoms with Gasteiger partial charge in [-0.05, 0) is 19.0 Å². The molecular formula is C9H11ClN2O3. The van der Waals surface area contributed by atoms with Crippen LogP contribution >= 0.6 is 11.6 Å². The first-order valence-corrected chi connectivity index (χ1v) is 4.79. The van der Waals surface area contributed by atoms with Gasteiger partial charge in [0.15, 0.2) is 0 Å². The van der Waals surface area contributed by atoms with E-state index in [9.17, 15) is 10.1 Å². The van der Waals surface area contributed by atoms with E-state index < -0.39 is 4.92 Å². The molecule has 1 rings (SSSR count). The van der Waals surface area contributed by atoms with Crippen molar-refractivity contribution >= 4 is 17.3 Å². The highest BCUT2D eigenvalue weighted by molar-refractivity contribution is 6.32. The van der Waals surface area contributed by atoms with Crippen LogP contribution in [0.2, 0.25) is 5.02 Å². The fourth-order valence-electron chi connectivity index (χ4n) is 0.986. The monoisotopic (exact) mass is 230 g/mol. The molecular weight excluding hydrogens is 220 g/mol. The first-order chi connectivity index (χ1) is 7.15. The van der Waals surface area contributed by atoms with Gasteiger partial charge in [-0.2, -0.15) is 0 Å². The molecule has 0 bridgehead atoms. The largest absolute Gasteiger partial charge is 0.492 e. The van der Waals surface area contributed by atoms with Crippen molar-refractivity contribution in [1.82, 2.24) is 0 Å². The van der Waals surface area contributed by atoms with E-state index in [-0.39, 0.29) is 10.7 Å². The molecule has 6 heteroatoms. The summed E-state index contributed by atoms with van der Waals surface area (Å²) >= 11 is 5.79. The minimum Gasteiger partial charge on any atom is -0.492 e. The molecule has 0 amide bonds. The van der Waals surface area contributed by atoms with Gasteiger partial charge in [-0.25, -0.2) is 0 Å². The summed E-state index contributed by atoms with van der Waals surface area (Å²) in [7, 11) is 0. The summed E-state index contributed by atoms with van der Waals surface area (Å²) in [6.07, 6.45) is 0.716. The topological polar surface area (TPSA) is 78.4 Å². The molecule has 5 nitrogen and oxygen atoms in total. The molecule has 0 spiro atoms. The van der Waals surface area contributed by atoms with Crippen molar-refractivity contribution in [3.63, 3.8) is 0 Å². The average Bonchev–Trinajstić information content (AvgIpc) is 2.20. The molecule has 15 heavy (non-hydrogen) atoms.